The van der Waals surface area contributed by atoms with E-state index in [1.54, 1.807) is 12.1 Å². The van der Waals surface area contributed by atoms with Gasteiger partial charge in [-0.25, -0.2) is 4.39 Å². The van der Waals surface area contributed by atoms with Crippen molar-refractivity contribution in [1.82, 2.24) is 5.32 Å². The number of thiocarbonyl (C=S) groups is 1. The molecule has 1 saturated heterocycles. The molecule has 1 aliphatic heterocycles. The van der Waals surface area contributed by atoms with E-state index in [2.05, 4.69) is 26.6 Å². The summed E-state index contributed by atoms with van der Waals surface area (Å²) < 4.78 is 14.5. The third-order valence-corrected chi connectivity index (χ3v) is 5.23. The average Bonchev–Trinajstić information content (AvgIpc) is 2.70. The van der Waals surface area contributed by atoms with Gasteiger partial charge in [0, 0.05) is 29.2 Å². The molecule has 0 radical (unpaired) electrons. The fraction of sp³-hybridized carbons (Fsp3) is 0.263. The number of carbonyl (C=O) groups is 1. The standard InChI is InChI=1S/C19H18BrFN4O3S/c20-13-5-6-15(14(21)11-13)22-19(29)23-18(26)12-4-7-16(17(10-12)25(27)28)24-8-2-1-3-9-24/h4-7,10-11H,1-3,8-9H2,(H2,22,23,26,29). The Kier molecular flexibility index (Phi) is 6.75. The van der Waals surface area contributed by atoms with E-state index < -0.39 is 16.6 Å². The largest absolute Gasteiger partial charge is 0.366 e. The Bertz CT molecular complexity index is 966. The lowest BCUT2D eigenvalue weighted by Crippen LogP contribution is -2.34. The highest BCUT2D eigenvalue weighted by Gasteiger charge is 2.23. The van der Waals surface area contributed by atoms with Crippen molar-refractivity contribution in [2.24, 2.45) is 0 Å². The van der Waals surface area contributed by atoms with Crippen molar-refractivity contribution in [3.05, 3.63) is 62.4 Å². The number of halogens is 2. The van der Waals surface area contributed by atoms with Gasteiger partial charge in [0.05, 0.1) is 10.6 Å². The number of nitrogens with zero attached hydrogens (tertiary/aromatic N) is 2. The normalized spacial score (nSPS) is 13.7. The van der Waals surface area contributed by atoms with Crippen LogP contribution in [0.25, 0.3) is 0 Å². The van der Waals surface area contributed by atoms with E-state index in [0.717, 1.165) is 32.4 Å². The number of benzene rings is 2. The molecule has 2 aromatic rings. The first-order valence-corrected chi connectivity index (χ1v) is 10.2. The van der Waals surface area contributed by atoms with E-state index in [0.29, 0.717) is 10.2 Å². The van der Waals surface area contributed by atoms with Crippen LogP contribution in [0.2, 0.25) is 0 Å². The van der Waals surface area contributed by atoms with E-state index in [1.165, 1.54) is 24.3 Å². The summed E-state index contributed by atoms with van der Waals surface area (Å²) in [6.07, 6.45) is 3.06. The second-order valence-corrected chi connectivity index (χ2v) is 7.86. The van der Waals surface area contributed by atoms with E-state index in [1.807, 2.05) is 4.90 Å². The number of carbonyl (C=O) groups excluding carboxylic acids is 1. The number of amides is 1. The van der Waals surface area contributed by atoms with Gasteiger partial charge in [-0.1, -0.05) is 15.9 Å². The van der Waals surface area contributed by atoms with Gasteiger partial charge in [0.25, 0.3) is 11.6 Å². The molecule has 1 heterocycles. The lowest BCUT2D eigenvalue weighted by atomic mass is 10.1. The number of nitro groups is 1. The van der Waals surface area contributed by atoms with Crippen LogP contribution in [0.5, 0.6) is 0 Å². The van der Waals surface area contributed by atoms with Crippen LogP contribution >= 0.6 is 28.1 Å². The molecule has 2 aromatic carbocycles. The van der Waals surface area contributed by atoms with Crippen molar-refractivity contribution in [2.75, 3.05) is 23.3 Å². The topological polar surface area (TPSA) is 87.5 Å². The predicted molar refractivity (Wildman–Crippen MR) is 117 cm³/mol. The van der Waals surface area contributed by atoms with Crippen molar-refractivity contribution in [3.63, 3.8) is 0 Å². The molecule has 7 nitrogen and oxygen atoms in total. The van der Waals surface area contributed by atoms with Crippen molar-refractivity contribution in [2.45, 2.75) is 19.3 Å². The highest BCUT2D eigenvalue weighted by Crippen LogP contribution is 2.31. The predicted octanol–water partition coefficient (Wildman–Crippen LogP) is 4.61. The second kappa shape index (κ2) is 9.27. The van der Waals surface area contributed by atoms with E-state index in [-0.39, 0.29) is 22.1 Å². The first-order valence-electron chi connectivity index (χ1n) is 8.96. The van der Waals surface area contributed by atoms with Crippen LogP contribution in [0.3, 0.4) is 0 Å². The Morgan fingerprint density at radius 1 is 1.17 bits per heavy atom. The molecule has 0 unspecified atom stereocenters. The fourth-order valence-electron chi connectivity index (χ4n) is 3.13. The van der Waals surface area contributed by atoms with Gasteiger partial charge in [-0.2, -0.15) is 0 Å². The van der Waals surface area contributed by atoms with Gasteiger partial charge in [0.1, 0.15) is 11.5 Å². The van der Waals surface area contributed by atoms with E-state index >= 15 is 0 Å². The van der Waals surface area contributed by atoms with Crippen LogP contribution in [0.4, 0.5) is 21.5 Å². The van der Waals surface area contributed by atoms with Gasteiger partial charge >= 0.3 is 0 Å². The summed E-state index contributed by atoms with van der Waals surface area (Å²) in [5, 5.41) is 16.4. The minimum atomic E-state index is -0.617. The zero-order chi connectivity index (χ0) is 21.0. The monoisotopic (exact) mass is 480 g/mol. The Morgan fingerprint density at radius 3 is 2.55 bits per heavy atom. The highest BCUT2D eigenvalue weighted by molar-refractivity contribution is 9.10. The smallest absolute Gasteiger partial charge is 0.293 e. The van der Waals surface area contributed by atoms with Gasteiger partial charge in [-0.3, -0.25) is 20.2 Å². The number of nitro benzene ring substituents is 1. The average molecular weight is 481 g/mol. The third-order valence-electron chi connectivity index (χ3n) is 4.54. The highest BCUT2D eigenvalue weighted by atomic mass is 79.9. The molecule has 0 saturated carbocycles. The van der Waals surface area contributed by atoms with E-state index in [9.17, 15) is 19.3 Å². The van der Waals surface area contributed by atoms with Gasteiger partial charge in [0.15, 0.2) is 5.11 Å². The van der Waals surface area contributed by atoms with E-state index in [4.69, 9.17) is 12.2 Å². The molecular weight excluding hydrogens is 463 g/mol. The molecule has 1 amide bonds. The quantitative estimate of drug-likeness (QED) is 0.377. The molecule has 0 spiro atoms. The van der Waals surface area contributed by atoms with Crippen molar-refractivity contribution >= 4 is 56.2 Å². The van der Waals surface area contributed by atoms with Crippen molar-refractivity contribution < 1.29 is 14.1 Å². The first-order chi connectivity index (χ1) is 13.8. The molecule has 10 heteroatoms. The summed E-state index contributed by atoms with van der Waals surface area (Å²) in [5.74, 6) is -1.16. The van der Waals surface area contributed by atoms with Crippen LogP contribution in [0.15, 0.2) is 40.9 Å². The molecule has 152 valence electrons. The van der Waals surface area contributed by atoms with Crippen LogP contribution in [-0.4, -0.2) is 29.0 Å². The number of hydrogen-bond acceptors (Lipinski definition) is 5. The van der Waals surface area contributed by atoms with Gasteiger partial charge < -0.3 is 10.2 Å². The molecular formula is C19H18BrFN4O3S. The third kappa shape index (κ3) is 5.27. The number of hydrogen-bond donors (Lipinski definition) is 2. The summed E-state index contributed by atoms with van der Waals surface area (Å²) in [4.78, 5) is 25.5. The maximum absolute atomic E-state index is 13.9. The van der Waals surface area contributed by atoms with Crippen LogP contribution in [0.1, 0.15) is 29.6 Å². The van der Waals surface area contributed by atoms with Crippen molar-refractivity contribution in [1.29, 1.82) is 0 Å². The molecule has 2 N–H and O–H groups in total. The summed E-state index contributed by atoms with van der Waals surface area (Å²) >= 11 is 8.21. The van der Waals surface area contributed by atoms with Crippen LogP contribution in [0, 0.1) is 15.9 Å². The number of rotatable bonds is 4. The minimum absolute atomic E-state index is 0.0953. The summed E-state index contributed by atoms with van der Waals surface area (Å²) in [5.41, 5.74) is 0.573. The van der Waals surface area contributed by atoms with Gasteiger partial charge in [-0.05, 0) is 61.8 Å². The van der Waals surface area contributed by atoms with Crippen LogP contribution < -0.4 is 15.5 Å². The maximum Gasteiger partial charge on any atom is 0.293 e. The Balaban J connectivity index is 1.73. The number of anilines is 2. The zero-order valence-electron chi connectivity index (χ0n) is 15.3. The number of piperidine rings is 1. The molecule has 0 aliphatic carbocycles. The lowest BCUT2D eigenvalue weighted by molar-refractivity contribution is -0.384. The zero-order valence-corrected chi connectivity index (χ0v) is 17.7. The Hall–Kier alpha value is -2.59. The molecule has 3 rings (SSSR count). The summed E-state index contributed by atoms with van der Waals surface area (Å²) in [6.45, 7) is 1.50. The first kappa shape index (κ1) is 21.1. The fourth-order valence-corrected chi connectivity index (χ4v) is 3.67. The second-order valence-electron chi connectivity index (χ2n) is 6.54. The lowest BCUT2D eigenvalue weighted by Gasteiger charge is -2.28. The number of nitrogens with one attached hydrogen (secondary N) is 2. The molecule has 1 aliphatic rings. The van der Waals surface area contributed by atoms with Crippen molar-refractivity contribution in [3.8, 4) is 0 Å². The van der Waals surface area contributed by atoms with Gasteiger partial charge in [-0.15, -0.1) is 0 Å². The van der Waals surface area contributed by atoms with Gasteiger partial charge in [0.2, 0.25) is 0 Å². The SMILES string of the molecule is O=C(NC(=S)Nc1ccc(Br)cc1F)c1ccc(N2CCCCC2)c([N+](=O)[O-])c1. The summed E-state index contributed by atoms with van der Waals surface area (Å²) in [7, 11) is 0. The molecule has 0 bridgehead atoms. The Morgan fingerprint density at radius 2 is 1.90 bits per heavy atom. The molecule has 0 aromatic heterocycles. The minimum Gasteiger partial charge on any atom is -0.366 e. The molecule has 0 atom stereocenters. The summed E-state index contributed by atoms with van der Waals surface area (Å²) in [6, 6.07) is 8.70. The van der Waals surface area contributed by atoms with Crippen LogP contribution in [-0.2, 0) is 0 Å². The Labute approximate surface area is 180 Å². The molecule has 1 fully saturated rings. The maximum atomic E-state index is 13.9. The molecule has 29 heavy (non-hydrogen) atoms.